The molecule has 1 atom stereocenters. The minimum Gasteiger partial charge on any atom is -0.305 e. The quantitative estimate of drug-likeness (QED) is 0.683. The summed E-state index contributed by atoms with van der Waals surface area (Å²) in [6, 6.07) is 10.2. The number of para-hydroxylation sites is 1. The lowest BCUT2D eigenvalue weighted by atomic mass is 9.98. The Morgan fingerprint density at radius 2 is 2.00 bits per heavy atom. The van der Waals surface area contributed by atoms with Crippen molar-refractivity contribution in [3.63, 3.8) is 0 Å². The summed E-state index contributed by atoms with van der Waals surface area (Å²) in [5.41, 5.74) is 2.43. The number of rotatable bonds is 1. The smallest absolute Gasteiger partial charge is 0.0629 e. The van der Waals surface area contributed by atoms with E-state index in [1.807, 2.05) is 18.2 Å². The van der Waals surface area contributed by atoms with E-state index >= 15 is 0 Å². The molecule has 0 bridgehead atoms. The van der Waals surface area contributed by atoms with Crippen molar-refractivity contribution in [3.8, 4) is 0 Å². The summed E-state index contributed by atoms with van der Waals surface area (Å²) in [6.45, 7) is 4.53. The van der Waals surface area contributed by atoms with Crippen LogP contribution in [-0.2, 0) is 0 Å². The SMILES string of the molecule is CC1CN(C)CCC1=Nc1ccccc1. The van der Waals surface area contributed by atoms with Gasteiger partial charge < -0.3 is 4.90 Å². The topological polar surface area (TPSA) is 15.6 Å². The normalized spacial score (nSPS) is 25.7. The van der Waals surface area contributed by atoms with Crippen LogP contribution in [0.15, 0.2) is 35.3 Å². The van der Waals surface area contributed by atoms with Crippen molar-refractivity contribution in [2.24, 2.45) is 10.9 Å². The van der Waals surface area contributed by atoms with Crippen molar-refractivity contribution in [3.05, 3.63) is 30.3 Å². The molecule has 1 aliphatic heterocycles. The number of hydrogen-bond acceptors (Lipinski definition) is 2. The number of hydrogen-bond donors (Lipinski definition) is 0. The number of likely N-dealkylation sites (tertiary alicyclic amines) is 1. The summed E-state index contributed by atoms with van der Waals surface area (Å²) in [7, 11) is 2.18. The van der Waals surface area contributed by atoms with Crippen molar-refractivity contribution in [2.45, 2.75) is 13.3 Å². The van der Waals surface area contributed by atoms with E-state index in [1.165, 1.54) is 5.71 Å². The highest BCUT2D eigenvalue weighted by atomic mass is 15.1. The predicted octanol–water partition coefficient (Wildman–Crippen LogP) is 2.73. The zero-order valence-electron chi connectivity index (χ0n) is 9.48. The van der Waals surface area contributed by atoms with Crippen LogP contribution in [0.4, 0.5) is 5.69 Å². The summed E-state index contributed by atoms with van der Waals surface area (Å²) in [6.07, 6.45) is 1.10. The molecule has 15 heavy (non-hydrogen) atoms. The lowest BCUT2D eigenvalue weighted by Crippen LogP contribution is -2.36. The van der Waals surface area contributed by atoms with E-state index in [4.69, 9.17) is 4.99 Å². The van der Waals surface area contributed by atoms with E-state index in [-0.39, 0.29) is 0 Å². The number of piperidine rings is 1. The monoisotopic (exact) mass is 202 g/mol. The predicted molar refractivity (Wildman–Crippen MR) is 64.8 cm³/mol. The number of aliphatic imine (C=N–C) groups is 1. The second kappa shape index (κ2) is 4.58. The average molecular weight is 202 g/mol. The third kappa shape index (κ3) is 2.66. The zero-order chi connectivity index (χ0) is 10.7. The first kappa shape index (κ1) is 10.4. The van der Waals surface area contributed by atoms with Crippen LogP contribution in [0.5, 0.6) is 0 Å². The van der Waals surface area contributed by atoms with Gasteiger partial charge >= 0.3 is 0 Å². The molecule has 1 aromatic carbocycles. The van der Waals surface area contributed by atoms with Gasteiger partial charge in [0.25, 0.3) is 0 Å². The highest BCUT2D eigenvalue weighted by Gasteiger charge is 2.18. The van der Waals surface area contributed by atoms with Crippen LogP contribution in [0.3, 0.4) is 0 Å². The Hall–Kier alpha value is -1.15. The molecule has 1 aliphatic rings. The molecule has 0 spiro atoms. The van der Waals surface area contributed by atoms with Gasteiger partial charge in [-0.15, -0.1) is 0 Å². The average Bonchev–Trinajstić information content (AvgIpc) is 2.24. The Morgan fingerprint density at radius 3 is 2.67 bits per heavy atom. The van der Waals surface area contributed by atoms with Gasteiger partial charge in [0.05, 0.1) is 5.69 Å². The number of benzene rings is 1. The molecule has 1 heterocycles. The Kier molecular flexibility index (Phi) is 3.17. The van der Waals surface area contributed by atoms with Crippen LogP contribution < -0.4 is 0 Å². The van der Waals surface area contributed by atoms with Crippen molar-refractivity contribution >= 4 is 11.4 Å². The van der Waals surface area contributed by atoms with E-state index in [0.717, 1.165) is 25.2 Å². The Balaban J connectivity index is 2.14. The van der Waals surface area contributed by atoms with E-state index in [0.29, 0.717) is 5.92 Å². The van der Waals surface area contributed by atoms with E-state index < -0.39 is 0 Å². The van der Waals surface area contributed by atoms with Crippen LogP contribution in [0.25, 0.3) is 0 Å². The van der Waals surface area contributed by atoms with Crippen LogP contribution in [0.1, 0.15) is 13.3 Å². The third-order valence-electron chi connectivity index (χ3n) is 2.93. The molecule has 0 N–H and O–H groups in total. The Bertz CT molecular complexity index is 343. The summed E-state index contributed by atoms with van der Waals surface area (Å²) in [5.74, 6) is 0.587. The second-order valence-corrected chi connectivity index (χ2v) is 4.35. The van der Waals surface area contributed by atoms with Crippen LogP contribution in [-0.4, -0.2) is 30.7 Å². The lowest BCUT2D eigenvalue weighted by molar-refractivity contribution is 0.299. The fraction of sp³-hybridized carbons (Fsp3) is 0.462. The van der Waals surface area contributed by atoms with Gasteiger partial charge in [0.15, 0.2) is 0 Å². The molecule has 80 valence electrons. The van der Waals surface area contributed by atoms with E-state index in [1.54, 1.807) is 0 Å². The van der Waals surface area contributed by atoms with Gasteiger partial charge in [-0.1, -0.05) is 25.1 Å². The van der Waals surface area contributed by atoms with Gasteiger partial charge in [-0.3, -0.25) is 4.99 Å². The highest BCUT2D eigenvalue weighted by molar-refractivity contribution is 5.89. The molecule has 2 nitrogen and oxygen atoms in total. The first-order valence-electron chi connectivity index (χ1n) is 5.57. The summed E-state index contributed by atoms with van der Waals surface area (Å²) >= 11 is 0. The standard InChI is InChI=1S/C13H18N2/c1-11-10-15(2)9-8-13(11)14-12-6-4-3-5-7-12/h3-7,11H,8-10H2,1-2H3. The third-order valence-corrected chi connectivity index (χ3v) is 2.93. The lowest BCUT2D eigenvalue weighted by Gasteiger charge is -2.28. The molecule has 0 aliphatic carbocycles. The molecular formula is C13H18N2. The maximum absolute atomic E-state index is 4.72. The van der Waals surface area contributed by atoms with Gasteiger partial charge in [0.2, 0.25) is 0 Å². The molecule has 0 amide bonds. The number of nitrogens with zero attached hydrogens (tertiary/aromatic N) is 2. The Labute approximate surface area is 91.6 Å². The fourth-order valence-corrected chi connectivity index (χ4v) is 2.05. The highest BCUT2D eigenvalue weighted by Crippen LogP contribution is 2.18. The van der Waals surface area contributed by atoms with Gasteiger partial charge in [0.1, 0.15) is 0 Å². The van der Waals surface area contributed by atoms with Gasteiger partial charge in [-0.2, -0.15) is 0 Å². The summed E-state index contributed by atoms with van der Waals surface area (Å²) in [4.78, 5) is 7.09. The fourth-order valence-electron chi connectivity index (χ4n) is 2.05. The molecule has 1 fully saturated rings. The van der Waals surface area contributed by atoms with E-state index in [9.17, 15) is 0 Å². The minimum atomic E-state index is 0.587. The Morgan fingerprint density at radius 1 is 1.27 bits per heavy atom. The van der Waals surface area contributed by atoms with Gasteiger partial charge in [-0.25, -0.2) is 0 Å². The molecule has 1 saturated heterocycles. The van der Waals surface area contributed by atoms with Crippen LogP contribution >= 0.6 is 0 Å². The summed E-state index contributed by atoms with van der Waals surface area (Å²) in [5, 5.41) is 0. The summed E-state index contributed by atoms with van der Waals surface area (Å²) < 4.78 is 0. The first-order chi connectivity index (χ1) is 7.25. The maximum atomic E-state index is 4.72. The molecule has 2 rings (SSSR count). The second-order valence-electron chi connectivity index (χ2n) is 4.35. The van der Waals surface area contributed by atoms with Gasteiger partial charge in [-0.05, 0) is 25.6 Å². The van der Waals surface area contributed by atoms with Crippen molar-refractivity contribution < 1.29 is 0 Å². The van der Waals surface area contributed by atoms with Crippen molar-refractivity contribution in [1.29, 1.82) is 0 Å². The zero-order valence-corrected chi connectivity index (χ0v) is 9.48. The largest absolute Gasteiger partial charge is 0.305 e. The molecule has 0 aromatic heterocycles. The molecule has 1 aromatic rings. The molecular weight excluding hydrogens is 184 g/mol. The molecule has 0 saturated carbocycles. The van der Waals surface area contributed by atoms with E-state index in [2.05, 4.69) is 31.0 Å². The van der Waals surface area contributed by atoms with Crippen LogP contribution in [0, 0.1) is 5.92 Å². The molecule has 0 radical (unpaired) electrons. The van der Waals surface area contributed by atoms with Gasteiger partial charge in [0, 0.05) is 24.7 Å². The van der Waals surface area contributed by atoms with Crippen LogP contribution in [0.2, 0.25) is 0 Å². The minimum absolute atomic E-state index is 0.587. The molecule has 1 unspecified atom stereocenters. The first-order valence-corrected chi connectivity index (χ1v) is 5.57. The maximum Gasteiger partial charge on any atom is 0.0629 e. The van der Waals surface area contributed by atoms with Crippen molar-refractivity contribution in [2.75, 3.05) is 20.1 Å². The van der Waals surface area contributed by atoms with Crippen molar-refractivity contribution in [1.82, 2.24) is 4.90 Å². The molecule has 2 heteroatoms.